The Bertz CT molecular complexity index is 1670. The number of ether oxygens (including phenoxy) is 2. The molecule has 2 aliphatic heterocycles. The number of aromatic nitrogens is 2. The highest BCUT2D eigenvalue weighted by Crippen LogP contribution is 2.42. The van der Waals surface area contributed by atoms with Gasteiger partial charge in [-0.2, -0.15) is 0 Å². The van der Waals surface area contributed by atoms with Gasteiger partial charge in [0.15, 0.2) is 0 Å². The van der Waals surface area contributed by atoms with E-state index in [2.05, 4.69) is 73.6 Å². The van der Waals surface area contributed by atoms with Crippen LogP contribution in [-0.2, 0) is 19.1 Å². The van der Waals surface area contributed by atoms with Crippen LogP contribution in [0.1, 0.15) is 42.5 Å². The van der Waals surface area contributed by atoms with Crippen LogP contribution >= 0.6 is 0 Å². The number of esters is 2. The summed E-state index contributed by atoms with van der Waals surface area (Å²) in [6, 6.07) is 26.8. The summed E-state index contributed by atoms with van der Waals surface area (Å²) in [5.41, 5.74) is 5.55. The number of allylic oxidation sites excluding steroid dienone is 1. The number of carbonyl (C=O) groups excluding carboxylic acids is 2. The highest BCUT2D eigenvalue weighted by Gasteiger charge is 2.43. The minimum atomic E-state index is -0.821. The van der Waals surface area contributed by atoms with E-state index in [4.69, 9.17) is 14.1 Å². The molecule has 0 bridgehead atoms. The van der Waals surface area contributed by atoms with Crippen LogP contribution in [0.5, 0.6) is 0 Å². The summed E-state index contributed by atoms with van der Waals surface area (Å²) >= 11 is 0. The summed E-state index contributed by atoms with van der Waals surface area (Å²) < 4.78 is 16.0. The Balaban J connectivity index is 1.14. The Labute approximate surface area is 262 Å². The fraction of sp³-hybridized carbons (Fsp3) is 0.343. The number of piperazine rings is 1. The highest BCUT2D eigenvalue weighted by molar-refractivity contribution is 6.07. The predicted octanol–water partition coefficient (Wildman–Crippen LogP) is 4.79. The summed E-state index contributed by atoms with van der Waals surface area (Å²) in [6.45, 7) is 7.82. The summed E-state index contributed by atoms with van der Waals surface area (Å²) in [5, 5.41) is 8.02. The number of hydrogen-bond donors (Lipinski definition) is 0. The van der Waals surface area contributed by atoms with E-state index in [1.54, 1.807) is 26.0 Å². The normalized spacial score (nSPS) is 19.5. The molecule has 2 aliphatic rings. The van der Waals surface area contributed by atoms with Crippen molar-refractivity contribution in [3.63, 3.8) is 0 Å². The average Bonchev–Trinajstić information content (AvgIpc) is 3.55. The topological polar surface area (TPSA) is 110 Å². The molecule has 10 nitrogen and oxygen atoms in total. The molecule has 0 N–H and O–H groups in total. The molecule has 6 rings (SSSR count). The number of aliphatic imine (C=N–C) groups is 1. The summed E-state index contributed by atoms with van der Waals surface area (Å²) in [6.07, 6.45) is 0. The molecule has 0 amide bonds. The van der Waals surface area contributed by atoms with Crippen LogP contribution in [-0.4, -0.2) is 84.2 Å². The monoisotopic (exact) mass is 607 g/mol. The Morgan fingerprint density at radius 2 is 1.56 bits per heavy atom. The first-order valence-corrected chi connectivity index (χ1v) is 15.2. The van der Waals surface area contributed by atoms with E-state index in [1.807, 2.05) is 18.2 Å². The van der Waals surface area contributed by atoms with Crippen LogP contribution < -0.4 is 0 Å². The van der Waals surface area contributed by atoms with Crippen molar-refractivity contribution < 1.29 is 23.7 Å². The molecule has 1 fully saturated rings. The predicted molar refractivity (Wildman–Crippen MR) is 170 cm³/mol. The zero-order valence-corrected chi connectivity index (χ0v) is 25.8. The third-order valence-electron chi connectivity index (χ3n) is 8.80. The number of hydrogen-bond acceptors (Lipinski definition) is 10. The third-order valence-corrected chi connectivity index (χ3v) is 8.80. The van der Waals surface area contributed by atoms with Gasteiger partial charge in [0.2, 0.25) is 0 Å². The molecule has 1 saturated heterocycles. The molecule has 0 radical (unpaired) electrons. The lowest BCUT2D eigenvalue weighted by Crippen LogP contribution is -2.48. The number of benzene rings is 3. The Morgan fingerprint density at radius 3 is 2.20 bits per heavy atom. The highest BCUT2D eigenvalue weighted by atomic mass is 16.6. The van der Waals surface area contributed by atoms with Gasteiger partial charge in [-0.1, -0.05) is 72.8 Å². The maximum atomic E-state index is 13.7. The van der Waals surface area contributed by atoms with Crippen LogP contribution in [0.4, 0.5) is 0 Å². The number of nitrogens with zero attached hydrogens (tertiary/aromatic N) is 5. The molecule has 2 atom stereocenters. The van der Waals surface area contributed by atoms with Gasteiger partial charge in [-0.05, 0) is 46.9 Å². The third kappa shape index (κ3) is 6.29. The zero-order valence-electron chi connectivity index (χ0n) is 25.8. The lowest BCUT2D eigenvalue weighted by Gasteiger charge is -2.39. The van der Waals surface area contributed by atoms with E-state index in [9.17, 15) is 9.59 Å². The van der Waals surface area contributed by atoms with Crippen LogP contribution in [0.3, 0.4) is 0 Å². The van der Waals surface area contributed by atoms with Crippen LogP contribution in [0.25, 0.3) is 11.0 Å². The van der Waals surface area contributed by atoms with Crippen molar-refractivity contribution in [1.29, 1.82) is 0 Å². The SMILES string of the molecule is COC(=O)C1C(C)=NC(C)=C(C(=O)OCCN2CCN(C(c3ccccc3)c3ccccc3)CC2)C1c1cccc2nonc12. The minimum Gasteiger partial charge on any atom is -0.468 e. The van der Waals surface area contributed by atoms with Crippen molar-refractivity contribution in [2.75, 3.05) is 46.4 Å². The number of fused-ring (bicyclic) bond motifs is 1. The molecule has 0 spiro atoms. The second-order valence-electron chi connectivity index (χ2n) is 11.4. The molecule has 45 heavy (non-hydrogen) atoms. The first-order valence-electron chi connectivity index (χ1n) is 15.2. The quantitative estimate of drug-likeness (QED) is 0.248. The van der Waals surface area contributed by atoms with Gasteiger partial charge >= 0.3 is 11.9 Å². The van der Waals surface area contributed by atoms with Crippen molar-refractivity contribution in [2.45, 2.75) is 25.8 Å². The van der Waals surface area contributed by atoms with Crippen molar-refractivity contribution in [3.8, 4) is 0 Å². The van der Waals surface area contributed by atoms with Crippen molar-refractivity contribution in [2.24, 2.45) is 10.9 Å². The molecule has 4 aromatic rings. The van der Waals surface area contributed by atoms with E-state index in [-0.39, 0.29) is 12.6 Å². The fourth-order valence-electron chi connectivity index (χ4n) is 6.62. The van der Waals surface area contributed by atoms with Crippen molar-refractivity contribution in [1.82, 2.24) is 20.1 Å². The first-order chi connectivity index (χ1) is 22.0. The van der Waals surface area contributed by atoms with E-state index in [0.717, 1.165) is 26.2 Å². The molecule has 0 aliphatic carbocycles. The van der Waals surface area contributed by atoms with Gasteiger partial charge in [0.05, 0.1) is 18.7 Å². The summed E-state index contributed by atoms with van der Waals surface area (Å²) in [7, 11) is 1.33. The van der Waals surface area contributed by atoms with Gasteiger partial charge in [-0.3, -0.25) is 19.6 Å². The number of methoxy groups -OCH3 is 1. The molecule has 232 valence electrons. The maximum absolute atomic E-state index is 13.7. The molecule has 0 saturated carbocycles. The zero-order chi connectivity index (χ0) is 31.3. The maximum Gasteiger partial charge on any atom is 0.336 e. The van der Waals surface area contributed by atoms with Gasteiger partial charge < -0.3 is 9.47 Å². The van der Waals surface area contributed by atoms with Crippen LogP contribution in [0, 0.1) is 5.92 Å². The number of carbonyl (C=O) groups is 2. The first kappa shape index (κ1) is 30.4. The molecular weight excluding hydrogens is 570 g/mol. The van der Waals surface area contributed by atoms with E-state index >= 15 is 0 Å². The summed E-state index contributed by atoms with van der Waals surface area (Å²) in [4.78, 5) is 36.2. The smallest absolute Gasteiger partial charge is 0.336 e. The Kier molecular flexibility index (Phi) is 9.13. The molecule has 1 aromatic heterocycles. The lowest BCUT2D eigenvalue weighted by molar-refractivity contribution is -0.144. The molecule has 10 heteroatoms. The fourth-order valence-corrected chi connectivity index (χ4v) is 6.62. The molecule has 3 aromatic carbocycles. The minimum absolute atomic E-state index is 0.182. The van der Waals surface area contributed by atoms with Gasteiger partial charge in [-0.15, -0.1) is 0 Å². The Hall–Kier alpha value is -4.67. The molecule has 2 unspecified atom stereocenters. The molecular formula is C35H37N5O5. The molecule has 3 heterocycles. The standard InChI is InChI=1S/C35H37N5O5/c1-23-29(34(41)43-3)31(27-15-10-16-28-32(27)38-45-37-28)30(24(2)36-23)35(42)44-22-21-39-17-19-40(20-18-39)33(25-11-6-4-7-12-25)26-13-8-5-9-14-26/h4-16,29,31,33H,17-22H2,1-3H3. The van der Waals surface area contributed by atoms with Crippen molar-refractivity contribution in [3.05, 3.63) is 107 Å². The van der Waals surface area contributed by atoms with E-state index < -0.39 is 23.8 Å². The second kappa shape index (κ2) is 13.5. The van der Waals surface area contributed by atoms with Crippen LogP contribution in [0.15, 0.2) is 99.8 Å². The summed E-state index contributed by atoms with van der Waals surface area (Å²) in [5.74, 6) is -2.54. The van der Waals surface area contributed by atoms with Gasteiger partial charge in [0.25, 0.3) is 0 Å². The van der Waals surface area contributed by atoms with Gasteiger partial charge in [0.1, 0.15) is 23.6 Å². The van der Waals surface area contributed by atoms with E-state index in [0.29, 0.717) is 40.1 Å². The van der Waals surface area contributed by atoms with E-state index in [1.165, 1.54) is 18.2 Å². The average molecular weight is 608 g/mol. The van der Waals surface area contributed by atoms with Gasteiger partial charge in [-0.25, -0.2) is 9.42 Å². The van der Waals surface area contributed by atoms with Gasteiger partial charge in [0, 0.05) is 50.1 Å². The lowest BCUT2D eigenvalue weighted by atomic mass is 9.75. The second-order valence-corrected chi connectivity index (χ2v) is 11.4. The van der Waals surface area contributed by atoms with Crippen LogP contribution in [0.2, 0.25) is 0 Å². The number of rotatable bonds is 9. The largest absolute Gasteiger partial charge is 0.468 e. The van der Waals surface area contributed by atoms with Crippen molar-refractivity contribution >= 4 is 28.7 Å². The Morgan fingerprint density at radius 1 is 0.889 bits per heavy atom.